The number of hydrogen-bond acceptors (Lipinski definition) is 3. The molecule has 128 valence electrons. The summed E-state index contributed by atoms with van der Waals surface area (Å²) < 4.78 is 5.90. The Bertz CT molecular complexity index is 512. The molecule has 2 atom stereocenters. The van der Waals surface area contributed by atoms with Crippen LogP contribution >= 0.6 is 11.6 Å². The zero-order chi connectivity index (χ0) is 16.3. The molecule has 2 unspecified atom stereocenters. The van der Waals surface area contributed by atoms with E-state index >= 15 is 0 Å². The van der Waals surface area contributed by atoms with Crippen LogP contribution in [-0.4, -0.2) is 23.2 Å². The maximum atomic E-state index is 6.29. The molecule has 1 saturated heterocycles. The standard InChI is InChI=1S/C19H29ClN2O/c1-19(21)10-12-23-16(13-19)9-6-14-4-7-15(8-5-14)18-17(20)3-2-11-22-18/h2-3,11,14-16H,4-10,12-13,21H2,1H3. The number of nitrogens with two attached hydrogens (primary N) is 1. The van der Waals surface area contributed by atoms with Crippen LogP contribution in [0.25, 0.3) is 0 Å². The topological polar surface area (TPSA) is 48.1 Å². The molecule has 1 aliphatic carbocycles. The molecule has 0 radical (unpaired) electrons. The molecule has 2 heterocycles. The summed E-state index contributed by atoms with van der Waals surface area (Å²) in [6.45, 7) is 2.98. The summed E-state index contributed by atoms with van der Waals surface area (Å²) in [6.07, 6.45) is 11.6. The van der Waals surface area contributed by atoms with Crippen molar-refractivity contribution < 1.29 is 4.74 Å². The maximum Gasteiger partial charge on any atom is 0.0624 e. The van der Waals surface area contributed by atoms with Crippen molar-refractivity contribution in [3.63, 3.8) is 0 Å². The highest BCUT2D eigenvalue weighted by Gasteiger charge is 2.30. The Morgan fingerprint density at radius 1 is 1.30 bits per heavy atom. The van der Waals surface area contributed by atoms with Crippen molar-refractivity contribution in [1.29, 1.82) is 0 Å². The minimum atomic E-state index is -0.0314. The lowest BCUT2D eigenvalue weighted by atomic mass is 9.77. The van der Waals surface area contributed by atoms with Gasteiger partial charge >= 0.3 is 0 Å². The molecule has 0 bridgehead atoms. The number of hydrogen-bond donors (Lipinski definition) is 1. The average molecular weight is 337 g/mol. The number of ether oxygens (including phenoxy) is 1. The van der Waals surface area contributed by atoms with Crippen LogP contribution in [0.1, 0.15) is 69.9 Å². The molecule has 1 aliphatic heterocycles. The lowest BCUT2D eigenvalue weighted by molar-refractivity contribution is -0.0217. The Kier molecular flexibility index (Phi) is 5.61. The highest BCUT2D eigenvalue weighted by molar-refractivity contribution is 6.31. The van der Waals surface area contributed by atoms with E-state index in [4.69, 9.17) is 22.1 Å². The van der Waals surface area contributed by atoms with E-state index in [0.29, 0.717) is 12.0 Å². The molecule has 23 heavy (non-hydrogen) atoms. The maximum absolute atomic E-state index is 6.29. The second-order valence-corrected chi connectivity index (χ2v) is 8.17. The fourth-order valence-electron chi connectivity index (χ4n) is 4.17. The minimum absolute atomic E-state index is 0.0314. The predicted molar refractivity (Wildman–Crippen MR) is 94.7 cm³/mol. The van der Waals surface area contributed by atoms with Gasteiger partial charge in [-0.25, -0.2) is 0 Å². The van der Waals surface area contributed by atoms with Crippen LogP contribution in [-0.2, 0) is 4.74 Å². The Morgan fingerprint density at radius 2 is 2.09 bits per heavy atom. The number of halogens is 1. The lowest BCUT2D eigenvalue weighted by Gasteiger charge is -2.36. The third kappa shape index (κ3) is 4.68. The van der Waals surface area contributed by atoms with Gasteiger partial charge in [0.1, 0.15) is 0 Å². The number of pyridine rings is 1. The van der Waals surface area contributed by atoms with Crippen molar-refractivity contribution >= 4 is 11.6 Å². The second kappa shape index (κ2) is 7.50. The molecule has 1 saturated carbocycles. The van der Waals surface area contributed by atoms with Crippen molar-refractivity contribution in [2.45, 2.75) is 75.9 Å². The Labute approximate surface area is 145 Å². The molecule has 2 N–H and O–H groups in total. The van der Waals surface area contributed by atoms with Gasteiger partial charge in [-0.15, -0.1) is 0 Å². The van der Waals surface area contributed by atoms with Gasteiger partial charge in [-0.1, -0.05) is 11.6 Å². The summed E-state index contributed by atoms with van der Waals surface area (Å²) in [5, 5.41) is 0.828. The van der Waals surface area contributed by atoms with E-state index in [1.165, 1.54) is 32.1 Å². The first-order valence-corrected chi connectivity index (χ1v) is 9.42. The molecule has 2 aliphatic rings. The Hall–Kier alpha value is -0.640. The van der Waals surface area contributed by atoms with Gasteiger partial charge in [-0.3, -0.25) is 4.98 Å². The summed E-state index contributed by atoms with van der Waals surface area (Å²) in [4.78, 5) is 4.50. The lowest BCUT2D eigenvalue weighted by Crippen LogP contribution is -2.45. The average Bonchev–Trinajstić information content (AvgIpc) is 2.53. The molecule has 0 amide bonds. The van der Waals surface area contributed by atoms with Gasteiger partial charge in [0, 0.05) is 24.3 Å². The number of nitrogens with zero attached hydrogens (tertiary/aromatic N) is 1. The van der Waals surface area contributed by atoms with Crippen LogP contribution in [0.3, 0.4) is 0 Å². The van der Waals surface area contributed by atoms with Crippen LogP contribution in [0.4, 0.5) is 0 Å². The van der Waals surface area contributed by atoms with Crippen LogP contribution in [0.15, 0.2) is 18.3 Å². The van der Waals surface area contributed by atoms with E-state index in [1.54, 1.807) is 0 Å². The monoisotopic (exact) mass is 336 g/mol. The Balaban J connectivity index is 1.44. The SMILES string of the molecule is CC1(N)CCOC(CCC2CCC(c3ncccc3Cl)CC2)C1. The molecule has 4 heteroatoms. The molecule has 1 aromatic heterocycles. The van der Waals surface area contributed by atoms with Gasteiger partial charge in [-0.05, 0) is 76.3 Å². The fourth-order valence-corrected chi connectivity index (χ4v) is 4.45. The Morgan fingerprint density at radius 3 is 2.78 bits per heavy atom. The first-order chi connectivity index (χ1) is 11.0. The highest BCUT2D eigenvalue weighted by atomic mass is 35.5. The number of rotatable bonds is 4. The zero-order valence-electron chi connectivity index (χ0n) is 14.1. The van der Waals surface area contributed by atoms with E-state index in [-0.39, 0.29) is 5.54 Å². The first kappa shape index (κ1) is 17.2. The van der Waals surface area contributed by atoms with Crippen LogP contribution in [0.5, 0.6) is 0 Å². The van der Waals surface area contributed by atoms with Crippen LogP contribution in [0, 0.1) is 5.92 Å². The minimum Gasteiger partial charge on any atom is -0.378 e. The van der Waals surface area contributed by atoms with Gasteiger partial charge in [0.15, 0.2) is 0 Å². The van der Waals surface area contributed by atoms with Gasteiger partial charge in [0.2, 0.25) is 0 Å². The van der Waals surface area contributed by atoms with E-state index in [9.17, 15) is 0 Å². The predicted octanol–water partition coefficient (Wildman–Crippen LogP) is 4.69. The number of aromatic nitrogens is 1. The van der Waals surface area contributed by atoms with E-state index in [1.807, 2.05) is 18.3 Å². The normalized spacial score (nSPS) is 35.2. The first-order valence-electron chi connectivity index (χ1n) is 9.04. The quantitative estimate of drug-likeness (QED) is 0.868. The molecular weight excluding hydrogens is 308 g/mol. The summed E-state index contributed by atoms with van der Waals surface area (Å²) in [5.41, 5.74) is 7.34. The van der Waals surface area contributed by atoms with E-state index < -0.39 is 0 Å². The van der Waals surface area contributed by atoms with Crippen molar-refractivity contribution in [2.75, 3.05) is 6.61 Å². The smallest absolute Gasteiger partial charge is 0.0624 e. The third-order valence-corrected chi connectivity index (χ3v) is 5.96. The van der Waals surface area contributed by atoms with Crippen LogP contribution in [0.2, 0.25) is 5.02 Å². The summed E-state index contributed by atoms with van der Waals surface area (Å²) >= 11 is 6.29. The molecule has 0 aromatic carbocycles. The van der Waals surface area contributed by atoms with Crippen molar-refractivity contribution in [3.8, 4) is 0 Å². The van der Waals surface area contributed by atoms with Gasteiger partial charge < -0.3 is 10.5 Å². The van der Waals surface area contributed by atoms with Gasteiger partial charge in [-0.2, -0.15) is 0 Å². The molecule has 3 rings (SSSR count). The van der Waals surface area contributed by atoms with Gasteiger partial charge in [0.05, 0.1) is 16.8 Å². The van der Waals surface area contributed by atoms with Crippen molar-refractivity contribution in [1.82, 2.24) is 4.98 Å². The largest absolute Gasteiger partial charge is 0.378 e. The summed E-state index contributed by atoms with van der Waals surface area (Å²) in [5.74, 6) is 1.36. The zero-order valence-corrected chi connectivity index (χ0v) is 14.9. The van der Waals surface area contributed by atoms with Crippen molar-refractivity contribution in [3.05, 3.63) is 29.0 Å². The fraction of sp³-hybridized carbons (Fsp3) is 0.737. The molecule has 2 fully saturated rings. The van der Waals surface area contributed by atoms with Crippen molar-refractivity contribution in [2.24, 2.45) is 11.7 Å². The molecule has 3 nitrogen and oxygen atoms in total. The highest BCUT2D eigenvalue weighted by Crippen LogP contribution is 2.39. The third-order valence-electron chi connectivity index (χ3n) is 5.64. The van der Waals surface area contributed by atoms with E-state index in [0.717, 1.165) is 42.5 Å². The second-order valence-electron chi connectivity index (χ2n) is 7.77. The van der Waals surface area contributed by atoms with Gasteiger partial charge in [0.25, 0.3) is 0 Å². The molecule has 0 spiro atoms. The molecule has 1 aromatic rings. The molecular formula is C19H29ClN2O. The summed E-state index contributed by atoms with van der Waals surface area (Å²) in [6, 6.07) is 3.87. The summed E-state index contributed by atoms with van der Waals surface area (Å²) in [7, 11) is 0. The van der Waals surface area contributed by atoms with Crippen LogP contribution < -0.4 is 5.73 Å². The van der Waals surface area contributed by atoms with E-state index in [2.05, 4.69) is 11.9 Å².